The quantitative estimate of drug-likeness (QED) is 0.825. The molecule has 1 aromatic carbocycles. The molecule has 6 heteroatoms. The van der Waals surface area contributed by atoms with Crippen LogP contribution in [0.1, 0.15) is 26.7 Å². The molecule has 26 heavy (non-hydrogen) atoms. The Kier molecular flexibility index (Phi) is 5.59. The van der Waals surface area contributed by atoms with E-state index in [9.17, 15) is 14.4 Å². The lowest BCUT2D eigenvalue weighted by Crippen LogP contribution is -2.52. The first-order chi connectivity index (χ1) is 12.5. The minimum absolute atomic E-state index is 0.000275. The summed E-state index contributed by atoms with van der Waals surface area (Å²) in [5, 5.41) is 0. The summed E-state index contributed by atoms with van der Waals surface area (Å²) in [5.74, 6) is 0.252. The van der Waals surface area contributed by atoms with Crippen LogP contribution in [-0.2, 0) is 14.4 Å². The summed E-state index contributed by atoms with van der Waals surface area (Å²) in [4.78, 5) is 42.7. The van der Waals surface area contributed by atoms with Crippen LogP contribution in [0.4, 0.5) is 5.69 Å². The Balaban J connectivity index is 1.55. The summed E-state index contributed by atoms with van der Waals surface area (Å²) in [6.07, 6.45) is 0.817. The van der Waals surface area contributed by atoms with E-state index in [1.165, 1.54) is 0 Å². The summed E-state index contributed by atoms with van der Waals surface area (Å²) < 4.78 is 0. The first kappa shape index (κ1) is 18.4. The molecule has 1 atom stereocenters. The van der Waals surface area contributed by atoms with Crippen LogP contribution in [0.25, 0.3) is 0 Å². The zero-order chi connectivity index (χ0) is 18.7. The summed E-state index contributed by atoms with van der Waals surface area (Å²) in [6.45, 7) is 6.78. The highest BCUT2D eigenvalue weighted by Crippen LogP contribution is 2.26. The van der Waals surface area contributed by atoms with Gasteiger partial charge in [-0.05, 0) is 18.1 Å². The van der Waals surface area contributed by atoms with E-state index in [1.54, 1.807) is 4.90 Å². The predicted molar refractivity (Wildman–Crippen MR) is 99.5 cm³/mol. The van der Waals surface area contributed by atoms with Gasteiger partial charge in [-0.3, -0.25) is 14.4 Å². The van der Waals surface area contributed by atoms with Crippen molar-refractivity contribution < 1.29 is 14.4 Å². The topological polar surface area (TPSA) is 60.9 Å². The van der Waals surface area contributed by atoms with Gasteiger partial charge in [0.05, 0.1) is 5.92 Å². The van der Waals surface area contributed by atoms with Crippen molar-refractivity contribution >= 4 is 23.4 Å². The predicted octanol–water partition coefficient (Wildman–Crippen LogP) is 1.76. The van der Waals surface area contributed by atoms with E-state index in [1.807, 2.05) is 54.0 Å². The fraction of sp³-hybridized carbons (Fsp3) is 0.550. The average molecular weight is 357 g/mol. The van der Waals surface area contributed by atoms with Gasteiger partial charge in [0.1, 0.15) is 0 Å². The third-order valence-corrected chi connectivity index (χ3v) is 5.07. The maximum atomic E-state index is 12.8. The maximum Gasteiger partial charge on any atom is 0.228 e. The number of hydrogen-bond acceptors (Lipinski definition) is 3. The number of nitrogens with zero attached hydrogens (tertiary/aromatic N) is 3. The van der Waals surface area contributed by atoms with Crippen molar-refractivity contribution in [3.63, 3.8) is 0 Å². The first-order valence-corrected chi connectivity index (χ1v) is 9.37. The van der Waals surface area contributed by atoms with Crippen molar-refractivity contribution in [2.75, 3.05) is 37.6 Å². The van der Waals surface area contributed by atoms with Gasteiger partial charge in [-0.25, -0.2) is 0 Å². The third-order valence-electron chi connectivity index (χ3n) is 5.07. The van der Waals surface area contributed by atoms with Crippen molar-refractivity contribution in [2.24, 2.45) is 11.8 Å². The van der Waals surface area contributed by atoms with E-state index in [-0.39, 0.29) is 30.1 Å². The van der Waals surface area contributed by atoms with E-state index < -0.39 is 0 Å². The highest BCUT2D eigenvalue weighted by molar-refractivity contribution is 6.00. The lowest BCUT2D eigenvalue weighted by molar-refractivity contribution is -0.142. The Bertz CT molecular complexity index is 666. The van der Waals surface area contributed by atoms with Gasteiger partial charge < -0.3 is 14.7 Å². The molecule has 0 saturated carbocycles. The minimum Gasteiger partial charge on any atom is -0.339 e. The number of para-hydroxylation sites is 1. The molecule has 1 aromatic rings. The molecule has 2 aliphatic heterocycles. The van der Waals surface area contributed by atoms with Gasteiger partial charge in [0.2, 0.25) is 17.7 Å². The molecule has 0 bridgehead atoms. The monoisotopic (exact) mass is 357 g/mol. The largest absolute Gasteiger partial charge is 0.339 e. The minimum atomic E-state index is -0.291. The van der Waals surface area contributed by atoms with Crippen molar-refractivity contribution in [1.82, 2.24) is 9.80 Å². The Labute approximate surface area is 154 Å². The number of piperazine rings is 1. The van der Waals surface area contributed by atoms with Gasteiger partial charge in [0.25, 0.3) is 0 Å². The smallest absolute Gasteiger partial charge is 0.228 e. The molecule has 0 unspecified atom stereocenters. The number of rotatable bonds is 4. The lowest BCUT2D eigenvalue weighted by atomic mass is 10.1. The molecule has 0 spiro atoms. The number of hydrogen-bond donors (Lipinski definition) is 0. The number of carbonyl (C=O) groups excluding carboxylic acids is 3. The lowest BCUT2D eigenvalue weighted by Gasteiger charge is -2.36. The maximum absolute atomic E-state index is 12.8. The molecule has 2 fully saturated rings. The van der Waals surface area contributed by atoms with Crippen molar-refractivity contribution in [3.05, 3.63) is 30.3 Å². The van der Waals surface area contributed by atoms with Crippen LogP contribution in [0.5, 0.6) is 0 Å². The number of benzene rings is 1. The molecule has 2 saturated heterocycles. The van der Waals surface area contributed by atoms with Gasteiger partial charge >= 0.3 is 0 Å². The molecule has 3 amide bonds. The number of carbonyl (C=O) groups is 3. The Morgan fingerprint density at radius 3 is 2.27 bits per heavy atom. The SMILES string of the molecule is CC(C)CC(=O)N1CCN(C(=O)[C@@H]2CC(=O)N(c3ccccc3)C2)CC1. The van der Waals surface area contributed by atoms with Crippen molar-refractivity contribution in [1.29, 1.82) is 0 Å². The van der Waals surface area contributed by atoms with Gasteiger partial charge in [0, 0.05) is 51.3 Å². The van der Waals surface area contributed by atoms with E-state index in [0.717, 1.165) is 5.69 Å². The zero-order valence-corrected chi connectivity index (χ0v) is 15.6. The van der Waals surface area contributed by atoms with Gasteiger partial charge in [-0.2, -0.15) is 0 Å². The fourth-order valence-electron chi connectivity index (χ4n) is 3.64. The second kappa shape index (κ2) is 7.89. The summed E-state index contributed by atoms with van der Waals surface area (Å²) in [6, 6.07) is 9.48. The van der Waals surface area contributed by atoms with E-state index >= 15 is 0 Å². The summed E-state index contributed by atoms with van der Waals surface area (Å²) in [7, 11) is 0. The van der Waals surface area contributed by atoms with Crippen LogP contribution in [0.3, 0.4) is 0 Å². The molecule has 6 nitrogen and oxygen atoms in total. The molecule has 3 rings (SSSR count). The van der Waals surface area contributed by atoms with Crippen LogP contribution >= 0.6 is 0 Å². The molecule has 140 valence electrons. The second-order valence-electron chi connectivity index (χ2n) is 7.54. The van der Waals surface area contributed by atoms with Crippen LogP contribution in [-0.4, -0.2) is 60.2 Å². The second-order valence-corrected chi connectivity index (χ2v) is 7.54. The fourth-order valence-corrected chi connectivity index (χ4v) is 3.64. The molecule has 0 aromatic heterocycles. The average Bonchev–Trinajstić information content (AvgIpc) is 3.03. The first-order valence-electron chi connectivity index (χ1n) is 9.37. The highest BCUT2D eigenvalue weighted by atomic mass is 16.2. The van der Waals surface area contributed by atoms with Crippen LogP contribution in [0.2, 0.25) is 0 Å². The van der Waals surface area contributed by atoms with E-state index in [0.29, 0.717) is 45.1 Å². The van der Waals surface area contributed by atoms with Crippen molar-refractivity contribution in [2.45, 2.75) is 26.7 Å². The molecule has 0 N–H and O–H groups in total. The highest BCUT2D eigenvalue weighted by Gasteiger charge is 2.38. The number of amides is 3. The van der Waals surface area contributed by atoms with Gasteiger partial charge in [-0.15, -0.1) is 0 Å². The molecular weight excluding hydrogens is 330 g/mol. The normalized spacial score (nSPS) is 20.8. The van der Waals surface area contributed by atoms with Crippen LogP contribution in [0, 0.1) is 11.8 Å². The standard InChI is InChI=1S/C20H27N3O3/c1-15(2)12-18(24)21-8-10-22(11-9-21)20(26)16-13-19(25)23(14-16)17-6-4-3-5-7-17/h3-7,15-16H,8-14H2,1-2H3/t16-/m1/s1. The Morgan fingerprint density at radius 2 is 1.65 bits per heavy atom. The van der Waals surface area contributed by atoms with Gasteiger partial charge in [-0.1, -0.05) is 32.0 Å². The van der Waals surface area contributed by atoms with Gasteiger partial charge in [0.15, 0.2) is 0 Å². The number of anilines is 1. The molecular formula is C20H27N3O3. The van der Waals surface area contributed by atoms with Crippen molar-refractivity contribution in [3.8, 4) is 0 Å². The summed E-state index contributed by atoms with van der Waals surface area (Å²) >= 11 is 0. The molecule has 0 aliphatic carbocycles. The molecule has 2 heterocycles. The molecule has 2 aliphatic rings. The van der Waals surface area contributed by atoms with E-state index in [4.69, 9.17) is 0 Å². The zero-order valence-electron chi connectivity index (χ0n) is 15.6. The Hall–Kier alpha value is -2.37. The summed E-state index contributed by atoms with van der Waals surface area (Å²) in [5.41, 5.74) is 0.844. The van der Waals surface area contributed by atoms with Crippen LogP contribution < -0.4 is 4.90 Å². The van der Waals surface area contributed by atoms with E-state index in [2.05, 4.69) is 0 Å². The molecule has 0 radical (unpaired) electrons. The van der Waals surface area contributed by atoms with Crippen LogP contribution in [0.15, 0.2) is 30.3 Å². The third kappa shape index (κ3) is 4.06. The Morgan fingerprint density at radius 1 is 1.04 bits per heavy atom.